The maximum Gasteiger partial charge on any atom is 0.249 e. The Bertz CT molecular complexity index is 741. The van der Waals surface area contributed by atoms with Crippen LogP contribution in [0.3, 0.4) is 0 Å². The largest absolute Gasteiger partial charge is 0.491 e. The van der Waals surface area contributed by atoms with Gasteiger partial charge in [0, 0.05) is 0 Å². The van der Waals surface area contributed by atoms with Crippen molar-refractivity contribution in [2.45, 2.75) is 37.1 Å². The lowest BCUT2D eigenvalue weighted by Crippen LogP contribution is -2.10. The van der Waals surface area contributed by atoms with Crippen LogP contribution in [0.2, 0.25) is 0 Å². The minimum atomic E-state index is -3.71. The van der Waals surface area contributed by atoms with Gasteiger partial charge in [0.15, 0.2) is 9.34 Å². The van der Waals surface area contributed by atoms with Gasteiger partial charge in [-0.15, -0.1) is 0 Å². The molecule has 1 atom stereocenters. The Morgan fingerprint density at radius 3 is 2.64 bits per heavy atom. The number of nitrogens with two attached hydrogens (primary N) is 1. The molecule has 0 bridgehead atoms. The summed E-state index contributed by atoms with van der Waals surface area (Å²) in [6.45, 7) is 5.91. The lowest BCUT2D eigenvalue weighted by molar-refractivity contribution is 0.242. The Kier molecular flexibility index (Phi) is 5.05. The number of benzene rings is 1. The Balaban J connectivity index is 2.12. The van der Waals surface area contributed by atoms with Crippen molar-refractivity contribution in [3.8, 4) is 5.75 Å². The Morgan fingerprint density at radius 2 is 2.05 bits per heavy atom. The van der Waals surface area contributed by atoms with E-state index in [9.17, 15) is 8.42 Å². The van der Waals surface area contributed by atoms with E-state index in [2.05, 4.69) is 10.3 Å². The fourth-order valence-corrected chi connectivity index (χ4v) is 3.39. The number of nitrogens with one attached hydrogen (secondary N) is 1. The van der Waals surface area contributed by atoms with Crippen molar-refractivity contribution in [3.63, 3.8) is 0 Å². The molecule has 1 aromatic carbocycles. The number of anilines is 1. The van der Waals surface area contributed by atoms with Crippen LogP contribution in [0.15, 0.2) is 34.7 Å². The molecule has 1 heterocycles. The topological polar surface area (TPSA) is 94.3 Å². The minimum absolute atomic E-state index is 0.0408. The molecule has 0 saturated carbocycles. The summed E-state index contributed by atoms with van der Waals surface area (Å²) >= 11 is 1.01. The van der Waals surface area contributed by atoms with Crippen LogP contribution in [-0.2, 0) is 10.0 Å². The molecule has 0 fully saturated rings. The summed E-state index contributed by atoms with van der Waals surface area (Å²) in [4.78, 5) is 4.04. The lowest BCUT2D eigenvalue weighted by Gasteiger charge is -2.16. The van der Waals surface area contributed by atoms with Crippen LogP contribution in [0.5, 0.6) is 5.75 Å². The van der Waals surface area contributed by atoms with Crippen molar-refractivity contribution in [1.29, 1.82) is 0 Å². The standard InChI is InChI=1S/C14H19N3O3S2/c1-9(2)20-12-6-4-5-11(7-12)10(3)17-14-16-8-13(21-14)22(15,18)19/h4-10H,1-3H3,(H,16,17)(H2,15,18,19)/t10-/m0/s1. The van der Waals surface area contributed by atoms with Gasteiger partial charge in [-0.25, -0.2) is 18.5 Å². The molecule has 0 aliphatic carbocycles. The highest BCUT2D eigenvalue weighted by atomic mass is 32.2. The quantitative estimate of drug-likeness (QED) is 0.842. The van der Waals surface area contributed by atoms with Crippen LogP contribution < -0.4 is 15.2 Å². The van der Waals surface area contributed by atoms with E-state index in [4.69, 9.17) is 9.88 Å². The van der Waals surface area contributed by atoms with Crippen molar-refractivity contribution in [1.82, 2.24) is 4.98 Å². The number of ether oxygens (including phenoxy) is 1. The van der Waals surface area contributed by atoms with Gasteiger partial charge < -0.3 is 10.1 Å². The molecule has 22 heavy (non-hydrogen) atoms. The van der Waals surface area contributed by atoms with Crippen molar-refractivity contribution in [2.75, 3.05) is 5.32 Å². The average Bonchev–Trinajstić information content (AvgIpc) is 2.86. The highest BCUT2D eigenvalue weighted by molar-refractivity contribution is 7.91. The first-order chi connectivity index (χ1) is 10.3. The second kappa shape index (κ2) is 6.64. The van der Waals surface area contributed by atoms with Crippen molar-refractivity contribution in [2.24, 2.45) is 5.14 Å². The van der Waals surface area contributed by atoms with E-state index < -0.39 is 10.0 Å². The second-order valence-corrected chi connectivity index (χ2v) is 7.95. The van der Waals surface area contributed by atoms with Gasteiger partial charge in [0.2, 0.25) is 10.0 Å². The molecule has 0 aliphatic rings. The number of aromatic nitrogens is 1. The third-order valence-corrected chi connectivity index (χ3v) is 5.17. The molecule has 3 N–H and O–H groups in total. The van der Waals surface area contributed by atoms with E-state index in [0.29, 0.717) is 5.13 Å². The summed E-state index contributed by atoms with van der Waals surface area (Å²) in [5.74, 6) is 0.797. The molecule has 0 radical (unpaired) electrons. The molecule has 0 aliphatic heterocycles. The molecular formula is C14H19N3O3S2. The predicted octanol–water partition coefficient (Wildman–Crippen LogP) is 2.75. The van der Waals surface area contributed by atoms with Crippen LogP contribution >= 0.6 is 11.3 Å². The van der Waals surface area contributed by atoms with Crippen LogP contribution in [0.1, 0.15) is 32.4 Å². The molecule has 1 aromatic heterocycles. The predicted molar refractivity (Wildman–Crippen MR) is 87.7 cm³/mol. The maximum absolute atomic E-state index is 11.3. The van der Waals surface area contributed by atoms with Crippen molar-refractivity contribution >= 4 is 26.5 Å². The van der Waals surface area contributed by atoms with Gasteiger partial charge in [0.25, 0.3) is 0 Å². The summed E-state index contributed by atoms with van der Waals surface area (Å²) in [5.41, 5.74) is 1.02. The molecule has 120 valence electrons. The first-order valence-corrected chi connectivity index (χ1v) is 9.14. The van der Waals surface area contributed by atoms with E-state index in [1.165, 1.54) is 6.20 Å². The van der Waals surface area contributed by atoms with Gasteiger partial charge in [0.05, 0.1) is 18.3 Å². The van der Waals surface area contributed by atoms with E-state index in [-0.39, 0.29) is 16.4 Å². The fraction of sp³-hybridized carbons (Fsp3) is 0.357. The Morgan fingerprint density at radius 1 is 1.32 bits per heavy atom. The van der Waals surface area contributed by atoms with Crippen molar-refractivity contribution in [3.05, 3.63) is 36.0 Å². The summed E-state index contributed by atoms with van der Waals surface area (Å²) in [6, 6.07) is 7.70. The number of rotatable bonds is 6. The van der Waals surface area contributed by atoms with Gasteiger partial charge in [0.1, 0.15) is 5.75 Å². The number of thiazole rings is 1. The minimum Gasteiger partial charge on any atom is -0.491 e. The average molecular weight is 341 g/mol. The molecule has 0 amide bonds. The fourth-order valence-electron chi connectivity index (χ4n) is 1.86. The van der Waals surface area contributed by atoms with E-state index in [0.717, 1.165) is 22.6 Å². The Labute approximate surface area is 134 Å². The maximum atomic E-state index is 11.3. The molecule has 0 spiro atoms. The van der Waals surface area contributed by atoms with Gasteiger partial charge in [-0.3, -0.25) is 0 Å². The van der Waals surface area contributed by atoms with Crippen molar-refractivity contribution < 1.29 is 13.2 Å². The molecule has 0 saturated heterocycles. The van der Waals surface area contributed by atoms with Gasteiger partial charge >= 0.3 is 0 Å². The number of primary sulfonamides is 1. The van der Waals surface area contributed by atoms with E-state index in [1.54, 1.807) is 0 Å². The number of nitrogens with zero attached hydrogens (tertiary/aromatic N) is 1. The van der Waals surface area contributed by atoms with E-state index in [1.807, 2.05) is 45.0 Å². The Hall–Kier alpha value is -1.64. The second-order valence-electron chi connectivity index (χ2n) is 5.13. The summed E-state index contributed by atoms with van der Waals surface area (Å²) in [6.07, 6.45) is 1.36. The number of hydrogen-bond acceptors (Lipinski definition) is 6. The van der Waals surface area contributed by atoms with Crippen LogP contribution in [-0.4, -0.2) is 19.5 Å². The molecule has 2 aromatic rings. The third-order valence-electron chi connectivity index (χ3n) is 2.83. The monoisotopic (exact) mass is 341 g/mol. The van der Waals surface area contributed by atoms with Gasteiger partial charge in [-0.2, -0.15) is 0 Å². The number of sulfonamides is 1. The van der Waals surface area contributed by atoms with E-state index >= 15 is 0 Å². The lowest BCUT2D eigenvalue weighted by atomic mass is 10.1. The summed E-state index contributed by atoms with van der Waals surface area (Å²) < 4.78 is 28.2. The normalized spacial score (nSPS) is 13.1. The summed E-state index contributed by atoms with van der Waals surface area (Å²) in [5, 5.41) is 8.75. The molecule has 2 rings (SSSR count). The van der Waals surface area contributed by atoms with Crippen LogP contribution in [0, 0.1) is 0 Å². The zero-order valence-corrected chi connectivity index (χ0v) is 14.2. The van der Waals surface area contributed by atoms with Gasteiger partial charge in [-0.05, 0) is 38.5 Å². The highest BCUT2D eigenvalue weighted by Gasteiger charge is 2.14. The highest BCUT2D eigenvalue weighted by Crippen LogP contribution is 2.27. The van der Waals surface area contributed by atoms with Crippen LogP contribution in [0.4, 0.5) is 5.13 Å². The van der Waals surface area contributed by atoms with Crippen LogP contribution in [0.25, 0.3) is 0 Å². The number of hydrogen-bond donors (Lipinski definition) is 2. The molecule has 0 unspecified atom stereocenters. The molecule has 8 heteroatoms. The zero-order valence-electron chi connectivity index (χ0n) is 12.6. The molecule has 6 nitrogen and oxygen atoms in total. The first kappa shape index (κ1) is 16.7. The smallest absolute Gasteiger partial charge is 0.249 e. The van der Waals surface area contributed by atoms with Gasteiger partial charge in [-0.1, -0.05) is 23.5 Å². The third kappa shape index (κ3) is 4.43. The SMILES string of the molecule is CC(C)Oc1cccc([C@H](C)Nc2ncc(S(N)(=O)=O)s2)c1. The zero-order chi connectivity index (χ0) is 16.3. The molecular weight excluding hydrogens is 322 g/mol. The summed E-state index contributed by atoms with van der Waals surface area (Å²) in [7, 11) is -3.71. The first-order valence-electron chi connectivity index (χ1n) is 6.77.